The summed E-state index contributed by atoms with van der Waals surface area (Å²) in [6, 6.07) is 18.5. The van der Waals surface area contributed by atoms with Gasteiger partial charge in [-0.1, -0.05) is 125 Å². The molecule has 2 aromatic rings. The zero-order chi connectivity index (χ0) is 42.5. The fourth-order valence-electron chi connectivity index (χ4n) is 3.75. The molecule has 6 N–H and O–H groups in total. The van der Waals surface area contributed by atoms with Crippen LogP contribution in [0.5, 0.6) is 0 Å². The predicted molar refractivity (Wildman–Crippen MR) is 208 cm³/mol. The van der Waals surface area contributed by atoms with Gasteiger partial charge in [-0.2, -0.15) is 42.1 Å². The van der Waals surface area contributed by atoms with Gasteiger partial charge in [0.05, 0.1) is 28.8 Å². The Bertz CT molecular complexity index is 1710. The first-order valence-electron chi connectivity index (χ1n) is 16.8. The second kappa shape index (κ2) is 29.7. The lowest BCUT2D eigenvalue weighted by Crippen LogP contribution is -2.15. The van der Waals surface area contributed by atoms with Crippen LogP contribution >= 0.6 is 0 Å². The van der Waals surface area contributed by atoms with Gasteiger partial charge in [0.25, 0.3) is 50.6 Å². The molecule has 22 heteroatoms. The lowest BCUT2D eigenvalue weighted by atomic mass is 9.92. The van der Waals surface area contributed by atoms with E-state index in [1.54, 1.807) is 0 Å². The molecule has 0 atom stereocenters. The number of rotatable bonds is 19. The van der Waals surface area contributed by atoms with Crippen molar-refractivity contribution in [2.75, 3.05) is 28.8 Å². The first-order valence-corrected chi connectivity index (χ1v) is 24.8. The molecule has 54 heavy (non-hydrogen) atoms. The summed E-state index contributed by atoms with van der Waals surface area (Å²) in [4.78, 5) is 11.3. The number of carbonyl (C=O) groups is 1. The second-order valence-electron chi connectivity index (χ2n) is 11.4. The molecule has 0 radical (unpaired) electrons. The maximum Gasteiger partial charge on any atom is 0.315 e. The minimum absolute atomic E-state index is 0.0799. The van der Waals surface area contributed by atoms with Gasteiger partial charge in [-0.3, -0.25) is 27.6 Å². The summed E-state index contributed by atoms with van der Waals surface area (Å²) in [5.74, 6) is -3.85. The summed E-state index contributed by atoms with van der Waals surface area (Å²) in [7, 11) is -19.6. The van der Waals surface area contributed by atoms with E-state index in [0.717, 1.165) is 24.0 Å². The topological polar surface area (TPSA) is 309 Å². The summed E-state index contributed by atoms with van der Waals surface area (Å²) in [5, 5.41) is 9.28. The standard InChI is InChI=1S/C14H12O2.C12H26O3S.C2H6O6S2.2C2H6O3S/c15-14(16)13(11-7-3-1-4-8-11)12-9-5-2-6-10-12;1-2-3-4-5-6-7-8-9-10-11-12-16(13,14)15;3-9(4,5)1-2-10(6,7)8;2*1-2-6(3,4)5/h1-10,13H,(H,15,16);2-12H2,1H3,(H,13,14,15);1-2H2,(H,3,4,5)(H,6,7,8);2*2H2,1H3,(H,3,4,5). The Morgan fingerprint density at radius 3 is 0.926 bits per heavy atom. The second-order valence-corrected chi connectivity index (χ2v) is 19.6. The molecule has 0 saturated heterocycles. The number of benzene rings is 2. The van der Waals surface area contributed by atoms with Crippen LogP contribution in [0.4, 0.5) is 0 Å². The van der Waals surface area contributed by atoms with Crippen molar-refractivity contribution < 1.29 is 74.8 Å². The maximum absolute atomic E-state index is 11.3. The SMILES string of the molecule is CCCCCCCCCCCCS(=O)(=O)O.CCS(=O)(=O)O.CCS(=O)(=O)O.O=C(O)C(c1ccccc1)c1ccccc1.O=S(=O)(O)CCS(=O)(=O)O. The summed E-state index contributed by atoms with van der Waals surface area (Å²) >= 11 is 0. The van der Waals surface area contributed by atoms with Crippen LogP contribution in [0.3, 0.4) is 0 Å². The van der Waals surface area contributed by atoms with Crippen LogP contribution in [0.15, 0.2) is 60.7 Å². The monoisotopic (exact) mass is 872 g/mol. The van der Waals surface area contributed by atoms with Gasteiger partial charge >= 0.3 is 5.97 Å². The number of unbranched alkanes of at least 4 members (excludes halogenated alkanes) is 9. The minimum Gasteiger partial charge on any atom is -0.481 e. The molecule has 0 aliphatic heterocycles. The Morgan fingerprint density at radius 2 is 0.704 bits per heavy atom. The number of hydrogen-bond donors (Lipinski definition) is 6. The highest BCUT2D eigenvalue weighted by Crippen LogP contribution is 2.24. The lowest BCUT2D eigenvalue weighted by Gasteiger charge is -2.12. The number of aliphatic carboxylic acids is 1. The molecule has 0 aliphatic carbocycles. The Labute approximate surface area is 321 Å². The van der Waals surface area contributed by atoms with Crippen LogP contribution in [0.25, 0.3) is 0 Å². The molecule has 17 nitrogen and oxygen atoms in total. The summed E-state index contributed by atoms with van der Waals surface area (Å²) in [6.45, 7) is 4.96. The average Bonchev–Trinajstić information content (AvgIpc) is 3.05. The van der Waals surface area contributed by atoms with Crippen molar-refractivity contribution in [1.29, 1.82) is 0 Å². The highest BCUT2D eigenvalue weighted by Gasteiger charge is 2.21. The van der Waals surface area contributed by atoms with Crippen molar-refractivity contribution in [3.63, 3.8) is 0 Å². The molecular formula is C32H56O17S5. The van der Waals surface area contributed by atoms with E-state index in [-0.39, 0.29) is 17.3 Å². The zero-order valence-electron chi connectivity index (χ0n) is 30.7. The normalized spacial score (nSPS) is 11.6. The van der Waals surface area contributed by atoms with Crippen molar-refractivity contribution in [2.45, 2.75) is 90.9 Å². The number of hydrogen-bond acceptors (Lipinski definition) is 11. The van der Waals surface area contributed by atoms with Crippen LogP contribution < -0.4 is 0 Å². The van der Waals surface area contributed by atoms with Crippen LogP contribution in [0.1, 0.15) is 102 Å². The van der Waals surface area contributed by atoms with E-state index in [1.165, 1.54) is 58.8 Å². The molecule has 0 heterocycles. The van der Waals surface area contributed by atoms with Crippen molar-refractivity contribution in [3.8, 4) is 0 Å². The molecule has 2 rings (SSSR count). The van der Waals surface area contributed by atoms with Gasteiger partial charge in [-0.25, -0.2) is 0 Å². The zero-order valence-corrected chi connectivity index (χ0v) is 34.8. The van der Waals surface area contributed by atoms with Crippen molar-refractivity contribution >= 4 is 56.6 Å². The third-order valence-corrected chi connectivity index (χ3v) is 10.6. The smallest absolute Gasteiger partial charge is 0.315 e. The molecule has 0 aromatic heterocycles. The summed E-state index contributed by atoms with van der Waals surface area (Å²) in [5.41, 5.74) is 1.61. The summed E-state index contributed by atoms with van der Waals surface area (Å²) in [6.07, 6.45) is 11.7. The van der Waals surface area contributed by atoms with Gasteiger partial charge in [-0.05, 0) is 31.4 Å². The van der Waals surface area contributed by atoms with Gasteiger partial charge in [-0.15, -0.1) is 0 Å². The Kier molecular flexibility index (Phi) is 30.7. The predicted octanol–water partition coefficient (Wildman–Crippen LogP) is 5.25. The molecule has 2 aromatic carbocycles. The highest BCUT2D eigenvalue weighted by molar-refractivity contribution is 7.89. The molecule has 316 valence electrons. The van der Waals surface area contributed by atoms with E-state index in [2.05, 4.69) is 6.92 Å². The van der Waals surface area contributed by atoms with Gasteiger partial charge < -0.3 is 5.11 Å². The van der Waals surface area contributed by atoms with E-state index in [4.69, 9.17) is 22.8 Å². The molecule has 0 bridgehead atoms. The van der Waals surface area contributed by atoms with E-state index < -0.39 is 74.0 Å². The molecular weight excluding hydrogens is 817 g/mol. The van der Waals surface area contributed by atoms with Crippen LogP contribution in [-0.2, 0) is 55.4 Å². The van der Waals surface area contributed by atoms with E-state index in [9.17, 15) is 52.0 Å². The molecule has 0 spiro atoms. The summed E-state index contributed by atoms with van der Waals surface area (Å²) < 4.78 is 139. The maximum atomic E-state index is 11.3. The lowest BCUT2D eigenvalue weighted by molar-refractivity contribution is -0.137. The Morgan fingerprint density at radius 1 is 0.444 bits per heavy atom. The van der Waals surface area contributed by atoms with E-state index in [0.29, 0.717) is 6.42 Å². The Balaban J connectivity index is -0.000000640. The van der Waals surface area contributed by atoms with Crippen LogP contribution in [0, 0.1) is 0 Å². The first-order chi connectivity index (χ1) is 24.7. The average molecular weight is 873 g/mol. The minimum atomic E-state index is -4.30. The third kappa shape index (κ3) is 43.9. The number of carboxylic acid groups (broad SMARTS) is 1. The van der Waals surface area contributed by atoms with Gasteiger partial charge in [0.15, 0.2) is 0 Å². The van der Waals surface area contributed by atoms with Crippen LogP contribution in [-0.4, -0.2) is 105 Å². The fourth-order valence-corrected chi connectivity index (χ4v) is 6.00. The molecule has 0 aliphatic rings. The molecule has 0 saturated carbocycles. The van der Waals surface area contributed by atoms with E-state index >= 15 is 0 Å². The van der Waals surface area contributed by atoms with Crippen molar-refractivity contribution in [3.05, 3.63) is 71.8 Å². The van der Waals surface area contributed by atoms with Gasteiger partial charge in [0, 0.05) is 0 Å². The quantitative estimate of drug-likeness (QED) is 0.0775. The molecule has 0 amide bonds. The van der Waals surface area contributed by atoms with E-state index in [1.807, 2.05) is 60.7 Å². The highest BCUT2D eigenvalue weighted by atomic mass is 32.2. The third-order valence-electron chi connectivity index (χ3n) is 6.60. The van der Waals surface area contributed by atoms with Gasteiger partial charge in [0.1, 0.15) is 5.92 Å². The first kappa shape index (κ1) is 55.8. The van der Waals surface area contributed by atoms with Crippen molar-refractivity contribution in [1.82, 2.24) is 0 Å². The largest absolute Gasteiger partial charge is 0.481 e. The van der Waals surface area contributed by atoms with Crippen LogP contribution in [0.2, 0.25) is 0 Å². The van der Waals surface area contributed by atoms with Gasteiger partial charge in [0.2, 0.25) is 0 Å². The Hall–Kier alpha value is -2.54. The number of carboxylic acids is 1. The molecule has 0 unspecified atom stereocenters. The van der Waals surface area contributed by atoms with Crippen molar-refractivity contribution in [2.24, 2.45) is 0 Å². The fraction of sp³-hybridized carbons (Fsp3) is 0.594. The molecule has 0 fully saturated rings.